The van der Waals surface area contributed by atoms with E-state index < -0.39 is 23.4 Å². The smallest absolute Gasteiger partial charge is 0.292 e. The molecule has 0 spiro atoms. The van der Waals surface area contributed by atoms with Crippen molar-refractivity contribution in [2.75, 3.05) is 59.2 Å². The molecule has 0 unspecified atom stereocenters. The zero-order valence-corrected chi connectivity index (χ0v) is 57.1. The van der Waals surface area contributed by atoms with Crippen LogP contribution in [0.1, 0.15) is 110 Å². The van der Waals surface area contributed by atoms with Gasteiger partial charge in [-0.15, -0.1) is 0 Å². The van der Waals surface area contributed by atoms with Gasteiger partial charge in [-0.2, -0.15) is 0 Å². The first kappa shape index (κ1) is 70.8. The summed E-state index contributed by atoms with van der Waals surface area (Å²) in [4.78, 5) is 107. The first-order chi connectivity index (χ1) is 46.2. The molecule has 6 heterocycles. The average molecular weight is 1380 g/mol. The molecule has 3 saturated heterocycles. The number of hydrogen-bond acceptors (Lipinski definition) is 11. The number of aromatic nitrogens is 3. The number of carbonyl (C=O) groups is 7. The Hall–Kier alpha value is -9.03. The SMILES string of the molecule is CNC(=O)C(=O)c1c[nH]c2cc(Cl)c(C(=O)N3C[C@H](C)N(Cc4ccc(F)cc4)C[C@H]3C)cc12.CNC(=O)C(=O)c1cn(N)c2cc(Cl)c(C(=O)N3C[C@H](C)N(Cc4ccc(F)cc4)C[C@H]3C)cc12.C[C@@H]1CN(Cc2ccc(F)cc2)[C@@H](C)CN1C(=O)c1cc2cc[nH]c2cc1Cl. The van der Waals surface area contributed by atoms with E-state index >= 15 is 0 Å². The van der Waals surface area contributed by atoms with Crippen LogP contribution in [-0.2, 0) is 29.2 Å². The fourth-order valence-corrected chi connectivity index (χ4v) is 13.6. The summed E-state index contributed by atoms with van der Waals surface area (Å²) in [5, 5.41) is 7.40. The number of ketones is 2. The Bertz CT molecular complexity index is 4450. The van der Waals surface area contributed by atoms with E-state index in [0.717, 1.165) is 40.7 Å². The number of nitrogen functional groups attached to an aromatic ring is 1. The Labute approximate surface area is 574 Å². The van der Waals surface area contributed by atoms with Crippen LogP contribution in [0, 0.1) is 17.5 Å². The van der Waals surface area contributed by atoms with Crippen molar-refractivity contribution in [3.8, 4) is 0 Å². The van der Waals surface area contributed by atoms with Gasteiger partial charge in [-0.25, -0.2) is 13.2 Å². The summed E-state index contributed by atoms with van der Waals surface area (Å²) in [5.74, 6) is 1.73. The summed E-state index contributed by atoms with van der Waals surface area (Å²) in [6.45, 7) is 17.9. The van der Waals surface area contributed by atoms with E-state index in [0.29, 0.717) is 78.2 Å². The van der Waals surface area contributed by atoms with Crippen molar-refractivity contribution in [1.82, 2.24) is 54.7 Å². The monoisotopic (exact) mass is 1380 g/mol. The molecule has 0 saturated carbocycles. The van der Waals surface area contributed by atoms with Crippen LogP contribution >= 0.6 is 34.8 Å². The third-order valence-corrected chi connectivity index (χ3v) is 19.3. The highest BCUT2D eigenvalue weighted by molar-refractivity contribution is 6.46. The first-order valence-corrected chi connectivity index (χ1v) is 32.9. The number of nitrogens with one attached hydrogen (secondary N) is 4. The predicted molar refractivity (Wildman–Crippen MR) is 371 cm³/mol. The number of nitrogens with two attached hydrogens (primary N) is 1. The van der Waals surface area contributed by atoms with Crippen molar-refractivity contribution in [2.24, 2.45) is 0 Å². The van der Waals surface area contributed by atoms with Crippen LogP contribution < -0.4 is 16.5 Å². The summed E-state index contributed by atoms with van der Waals surface area (Å²) in [6, 6.07) is 31.5. The maximum absolute atomic E-state index is 13.6. The maximum atomic E-state index is 13.6. The number of fused-ring (bicyclic) bond motifs is 3. The quantitative estimate of drug-likeness (QED) is 0.0415. The number of carbonyl (C=O) groups excluding carboxylic acids is 7. The number of Topliss-reactive ketones (excluding diaryl/α,β-unsaturated/α-hetero) is 2. The molecule has 3 aromatic heterocycles. The molecule has 12 rings (SSSR count). The van der Waals surface area contributed by atoms with Crippen LogP contribution in [0.2, 0.25) is 15.1 Å². The fourth-order valence-electron chi connectivity index (χ4n) is 12.9. The van der Waals surface area contributed by atoms with Crippen LogP contribution in [0.15, 0.2) is 134 Å². The van der Waals surface area contributed by atoms with Gasteiger partial charge in [0.25, 0.3) is 41.1 Å². The standard InChI is InChI=1S/C25H27ClFN5O3.C25H26ClFN4O3.C22H23ClFN3O/c1-14-11-31(15(2)10-30(14)12-16-4-6-17(27)7-5-16)25(35)19-8-18-20(23(33)24(34)29-3)13-32(28)22(18)9-21(19)26;1-14-12-31(15(2)11-30(14)13-16-4-6-17(27)7-5-16)25(34)19-8-18-20(23(32)24(33)28-3)10-29-22(18)9-21(19)26;1-14-12-27(15(2)11-26(14)13-16-3-5-18(24)6-4-16)22(28)19-9-17-7-8-25-21(17)10-20(19)23/h4-9,13-15H,10-12,28H2,1-3H3,(H,29,34);4-10,14-15,29H,11-13H2,1-3H3,(H,28,33);3-10,14-15,25H,11-13H2,1-2H3/t3*14-,15+/m000/s1. The first-order valence-electron chi connectivity index (χ1n) is 31.8. The van der Waals surface area contributed by atoms with Crippen molar-refractivity contribution in [3.63, 3.8) is 0 Å². The van der Waals surface area contributed by atoms with Crippen molar-refractivity contribution < 1.29 is 46.7 Å². The van der Waals surface area contributed by atoms with Crippen molar-refractivity contribution in [1.29, 1.82) is 0 Å². The molecule has 3 aliphatic heterocycles. The van der Waals surface area contributed by atoms with E-state index in [1.54, 1.807) is 46.2 Å². The van der Waals surface area contributed by atoms with Crippen molar-refractivity contribution in [2.45, 2.75) is 97.4 Å². The van der Waals surface area contributed by atoms with Gasteiger partial charge in [-0.3, -0.25) is 52.9 Å². The van der Waals surface area contributed by atoms with E-state index in [1.165, 1.54) is 79.7 Å². The van der Waals surface area contributed by atoms with Gasteiger partial charge < -0.3 is 41.1 Å². The molecule has 9 aromatic rings. The second-order valence-electron chi connectivity index (χ2n) is 25.2. The zero-order chi connectivity index (χ0) is 69.8. The van der Waals surface area contributed by atoms with Crippen LogP contribution in [-0.4, -0.2) is 175 Å². The van der Waals surface area contributed by atoms with Crippen LogP contribution in [0.3, 0.4) is 0 Å². The van der Waals surface area contributed by atoms with E-state index in [9.17, 15) is 46.7 Å². The third kappa shape index (κ3) is 15.7. The lowest BCUT2D eigenvalue weighted by Crippen LogP contribution is -2.57. The lowest BCUT2D eigenvalue weighted by Gasteiger charge is -2.44. The van der Waals surface area contributed by atoms with Gasteiger partial charge in [0.05, 0.1) is 48.4 Å². The molecule has 6 N–H and O–H groups in total. The molecule has 25 heteroatoms. The second-order valence-corrected chi connectivity index (χ2v) is 26.4. The number of nitrogens with zero attached hydrogens (tertiary/aromatic N) is 7. The lowest BCUT2D eigenvalue weighted by molar-refractivity contribution is -0.117. The molecule has 3 aliphatic rings. The summed E-state index contributed by atoms with van der Waals surface area (Å²) in [7, 11) is 2.76. The van der Waals surface area contributed by atoms with Crippen molar-refractivity contribution in [3.05, 3.63) is 211 Å². The molecule has 6 aromatic carbocycles. The number of benzene rings is 6. The number of rotatable bonds is 13. The number of piperazine rings is 3. The molecule has 508 valence electrons. The lowest BCUT2D eigenvalue weighted by atomic mass is 10.0. The minimum atomic E-state index is -0.778. The van der Waals surface area contributed by atoms with Gasteiger partial charge >= 0.3 is 0 Å². The minimum Gasteiger partial charge on any atom is -0.361 e. The Morgan fingerprint density at radius 2 is 0.825 bits per heavy atom. The Morgan fingerprint density at radius 3 is 1.24 bits per heavy atom. The average Bonchev–Trinajstić information content (AvgIpc) is 1.74. The summed E-state index contributed by atoms with van der Waals surface area (Å²) < 4.78 is 40.8. The van der Waals surface area contributed by atoms with E-state index in [-0.39, 0.29) is 104 Å². The maximum Gasteiger partial charge on any atom is 0.292 e. The summed E-state index contributed by atoms with van der Waals surface area (Å²) >= 11 is 19.3. The predicted octanol–water partition coefficient (Wildman–Crippen LogP) is 11.1. The molecule has 0 radical (unpaired) electrons. The molecule has 3 fully saturated rings. The van der Waals surface area contributed by atoms with Gasteiger partial charge in [0.2, 0.25) is 0 Å². The van der Waals surface area contributed by atoms with Gasteiger partial charge in [0.1, 0.15) is 17.5 Å². The molecular weight excluding hydrogens is 1310 g/mol. The van der Waals surface area contributed by atoms with Gasteiger partial charge in [0, 0.05) is 155 Å². The Morgan fingerprint density at radius 1 is 0.454 bits per heavy atom. The minimum absolute atomic E-state index is 0.0334. The number of H-pyrrole nitrogens is 2. The molecule has 0 aliphatic carbocycles. The van der Waals surface area contributed by atoms with Crippen LogP contribution in [0.4, 0.5) is 13.2 Å². The number of hydrogen-bond donors (Lipinski definition) is 5. The Kier molecular flexibility index (Phi) is 22.0. The molecule has 6 atom stereocenters. The van der Waals surface area contributed by atoms with Gasteiger partial charge in [-0.05, 0) is 137 Å². The highest BCUT2D eigenvalue weighted by Gasteiger charge is 2.37. The molecule has 5 amide bonds. The molecule has 19 nitrogen and oxygen atoms in total. The normalized spacial score (nSPS) is 19.3. The number of amides is 5. The van der Waals surface area contributed by atoms with E-state index in [1.807, 2.05) is 69.1 Å². The highest BCUT2D eigenvalue weighted by Crippen LogP contribution is 2.34. The van der Waals surface area contributed by atoms with Gasteiger partial charge in [-0.1, -0.05) is 71.2 Å². The molecule has 0 bridgehead atoms. The van der Waals surface area contributed by atoms with Gasteiger partial charge in [0.15, 0.2) is 0 Å². The Balaban J connectivity index is 0.000000159. The summed E-state index contributed by atoms with van der Waals surface area (Å²) in [5.41, 5.74) is 6.35. The van der Waals surface area contributed by atoms with E-state index in [4.69, 9.17) is 40.6 Å². The highest BCUT2D eigenvalue weighted by atomic mass is 35.5. The van der Waals surface area contributed by atoms with Crippen LogP contribution in [0.5, 0.6) is 0 Å². The third-order valence-electron chi connectivity index (χ3n) is 18.4. The number of likely N-dealkylation sites (N-methyl/N-ethyl adjacent to an activating group) is 2. The van der Waals surface area contributed by atoms with Crippen molar-refractivity contribution >= 4 is 109 Å². The summed E-state index contributed by atoms with van der Waals surface area (Å²) in [6.07, 6.45) is 4.64. The zero-order valence-electron chi connectivity index (χ0n) is 54.9. The largest absolute Gasteiger partial charge is 0.361 e. The second kappa shape index (κ2) is 30.2. The molecule has 97 heavy (non-hydrogen) atoms. The number of halogens is 6. The van der Waals surface area contributed by atoms with Crippen LogP contribution in [0.25, 0.3) is 32.7 Å². The fraction of sp³-hybridized carbons (Fsp3) is 0.319. The number of aromatic amines is 2. The topological polar surface area (TPSA) is 226 Å². The van der Waals surface area contributed by atoms with E-state index in [2.05, 4.69) is 49.1 Å². The molecular formula is C72H76Cl3F3N12O7.